The molecule has 2 fully saturated rings. The number of anilines is 1. The Morgan fingerprint density at radius 3 is 2.50 bits per heavy atom. The van der Waals surface area contributed by atoms with E-state index in [0.29, 0.717) is 18.5 Å². The Labute approximate surface area is 233 Å². The molecule has 4 rings (SSSR count). The van der Waals surface area contributed by atoms with Gasteiger partial charge in [0.05, 0.1) is 11.5 Å². The molecule has 4 atom stereocenters. The van der Waals surface area contributed by atoms with Gasteiger partial charge in [-0.1, -0.05) is 44.9 Å². The van der Waals surface area contributed by atoms with E-state index in [9.17, 15) is 33.2 Å². The second-order valence-corrected chi connectivity index (χ2v) is 11.8. The molecule has 1 aromatic carbocycles. The van der Waals surface area contributed by atoms with Gasteiger partial charge in [0.1, 0.15) is 18.1 Å². The summed E-state index contributed by atoms with van der Waals surface area (Å²) in [5, 5.41) is 15.0. The molecule has 2 aliphatic heterocycles. The molecule has 216 valence electrons. The van der Waals surface area contributed by atoms with Crippen molar-refractivity contribution in [1.82, 2.24) is 15.1 Å². The van der Waals surface area contributed by atoms with Crippen LogP contribution in [0.4, 0.5) is 14.5 Å². The minimum atomic E-state index is -3.58. The van der Waals surface area contributed by atoms with Gasteiger partial charge in [0.25, 0.3) is 5.91 Å². The van der Waals surface area contributed by atoms with Crippen molar-refractivity contribution in [2.24, 2.45) is 11.8 Å². The average molecular weight is 558 g/mol. The second kappa shape index (κ2) is 11.1. The Balaban J connectivity index is 1.53. The zero-order chi connectivity index (χ0) is 29.4. The fourth-order valence-electron chi connectivity index (χ4n) is 6.34. The number of amides is 4. The van der Waals surface area contributed by atoms with Crippen LogP contribution in [0.3, 0.4) is 0 Å². The van der Waals surface area contributed by atoms with Crippen molar-refractivity contribution in [3.8, 4) is 6.07 Å². The summed E-state index contributed by atoms with van der Waals surface area (Å²) in [4.78, 5) is 55.4. The summed E-state index contributed by atoms with van der Waals surface area (Å²) < 4.78 is 29.4. The number of rotatable bonds is 8. The molecule has 1 aromatic rings. The Kier molecular flexibility index (Phi) is 8.20. The molecular formula is C29H37F2N5O4. The number of nitrogens with one attached hydrogen (secondary N) is 2. The van der Waals surface area contributed by atoms with Crippen LogP contribution in [-0.4, -0.2) is 71.1 Å². The number of halogens is 2. The normalized spacial score (nSPS) is 24.0. The highest BCUT2D eigenvalue weighted by Crippen LogP contribution is 2.46. The summed E-state index contributed by atoms with van der Waals surface area (Å²) in [6.45, 7) is 5.05. The highest BCUT2D eigenvalue weighted by Gasteiger charge is 2.57. The van der Waals surface area contributed by atoms with E-state index in [1.165, 1.54) is 23.8 Å². The van der Waals surface area contributed by atoms with E-state index in [4.69, 9.17) is 0 Å². The summed E-state index contributed by atoms with van der Waals surface area (Å²) in [5.41, 5.74) is 0.286. The molecule has 1 saturated heterocycles. The molecule has 2 N–H and O–H groups in total. The van der Waals surface area contributed by atoms with E-state index in [1.54, 1.807) is 18.2 Å². The SMILES string of the molecule is CC(C)C[C@@H](C(=O)N1C[C@]2(C[C@H]1C#N)C(=O)Nc1ccccc12)N(C)C(=O)[C@H](C)NC(=O)C(F)(F)C1CCCC1. The largest absolute Gasteiger partial charge is 0.339 e. The zero-order valence-electron chi connectivity index (χ0n) is 23.4. The summed E-state index contributed by atoms with van der Waals surface area (Å²) in [5.74, 6) is -7.63. The van der Waals surface area contributed by atoms with Crippen molar-refractivity contribution >= 4 is 29.3 Å². The number of likely N-dealkylation sites (N-methyl/N-ethyl adjacent to an activating group) is 1. The van der Waals surface area contributed by atoms with Gasteiger partial charge in [0, 0.05) is 31.6 Å². The van der Waals surface area contributed by atoms with Crippen LogP contribution in [-0.2, 0) is 24.6 Å². The molecule has 40 heavy (non-hydrogen) atoms. The number of hydrogen-bond donors (Lipinski definition) is 2. The van der Waals surface area contributed by atoms with Gasteiger partial charge in [-0.15, -0.1) is 0 Å². The van der Waals surface area contributed by atoms with Gasteiger partial charge < -0.3 is 20.4 Å². The van der Waals surface area contributed by atoms with Crippen molar-refractivity contribution in [1.29, 1.82) is 5.26 Å². The molecule has 0 radical (unpaired) electrons. The molecule has 11 heteroatoms. The van der Waals surface area contributed by atoms with Gasteiger partial charge in [-0.25, -0.2) is 0 Å². The number of para-hydroxylation sites is 1. The second-order valence-electron chi connectivity index (χ2n) is 11.8. The van der Waals surface area contributed by atoms with Crippen LogP contribution in [0.25, 0.3) is 0 Å². The molecule has 3 aliphatic rings. The smallest absolute Gasteiger partial charge is 0.327 e. The van der Waals surface area contributed by atoms with Crippen molar-refractivity contribution in [3.05, 3.63) is 29.8 Å². The van der Waals surface area contributed by atoms with E-state index in [2.05, 4.69) is 16.7 Å². The van der Waals surface area contributed by atoms with E-state index in [0.717, 1.165) is 5.56 Å². The molecule has 4 amide bonds. The highest BCUT2D eigenvalue weighted by atomic mass is 19.3. The Bertz CT molecular complexity index is 1230. The molecule has 1 spiro atoms. The number of nitriles is 1. The number of benzene rings is 1. The Morgan fingerprint density at radius 2 is 1.88 bits per heavy atom. The van der Waals surface area contributed by atoms with Gasteiger partial charge in [-0.2, -0.15) is 14.0 Å². The first-order chi connectivity index (χ1) is 18.8. The summed E-state index contributed by atoms with van der Waals surface area (Å²) in [6, 6.07) is 6.10. The first-order valence-corrected chi connectivity index (χ1v) is 13.9. The van der Waals surface area contributed by atoms with Gasteiger partial charge >= 0.3 is 5.92 Å². The van der Waals surface area contributed by atoms with E-state index < -0.39 is 53.1 Å². The minimum absolute atomic E-state index is 0.0244. The zero-order valence-corrected chi connectivity index (χ0v) is 23.4. The Hall–Kier alpha value is -3.55. The fraction of sp³-hybridized carbons (Fsp3) is 0.621. The third-order valence-corrected chi connectivity index (χ3v) is 8.60. The average Bonchev–Trinajstić information content (AvgIpc) is 3.65. The maximum absolute atomic E-state index is 14.7. The molecule has 0 unspecified atom stereocenters. The number of likely N-dealkylation sites (tertiary alicyclic amines) is 1. The first kappa shape index (κ1) is 29.4. The number of alkyl halides is 2. The molecule has 1 saturated carbocycles. The van der Waals surface area contributed by atoms with Gasteiger partial charge in [-0.3, -0.25) is 19.2 Å². The van der Waals surface area contributed by atoms with Crippen molar-refractivity contribution in [2.45, 2.75) is 88.8 Å². The topological polar surface area (TPSA) is 123 Å². The van der Waals surface area contributed by atoms with Crippen LogP contribution < -0.4 is 10.6 Å². The highest BCUT2D eigenvalue weighted by molar-refractivity contribution is 6.07. The van der Waals surface area contributed by atoms with E-state index >= 15 is 0 Å². The molecule has 9 nitrogen and oxygen atoms in total. The Morgan fingerprint density at radius 1 is 1.23 bits per heavy atom. The molecule has 0 bridgehead atoms. The third-order valence-electron chi connectivity index (χ3n) is 8.60. The fourth-order valence-corrected chi connectivity index (χ4v) is 6.34. The standard InChI is InChI=1S/C29H37F2N5O4/c1-17(2)13-23(35(4)24(37)18(3)33-27(40)29(30,31)19-9-5-6-10-19)25(38)36-16-28(14-20(36)15-32)21-11-7-8-12-22(21)34-26(28)39/h7-8,11-12,17-20,23H,5-6,9-10,13-14,16H2,1-4H3,(H,33,40)(H,34,39)/t18-,20-,23-,28-/m0/s1. The quantitative estimate of drug-likeness (QED) is 0.508. The lowest BCUT2D eigenvalue weighted by Gasteiger charge is -2.35. The van der Waals surface area contributed by atoms with Crippen LogP contribution >= 0.6 is 0 Å². The lowest BCUT2D eigenvalue weighted by molar-refractivity contribution is -0.156. The van der Waals surface area contributed by atoms with E-state index in [-0.39, 0.29) is 44.1 Å². The summed E-state index contributed by atoms with van der Waals surface area (Å²) in [6.07, 6.45) is 2.15. The molecule has 1 aliphatic carbocycles. The summed E-state index contributed by atoms with van der Waals surface area (Å²) >= 11 is 0. The van der Waals surface area contributed by atoms with Crippen LogP contribution in [0.5, 0.6) is 0 Å². The van der Waals surface area contributed by atoms with Crippen LogP contribution in [0.2, 0.25) is 0 Å². The van der Waals surface area contributed by atoms with Crippen molar-refractivity contribution in [3.63, 3.8) is 0 Å². The number of hydrogen-bond acceptors (Lipinski definition) is 5. The monoisotopic (exact) mass is 557 g/mol. The predicted octanol–water partition coefficient (Wildman–Crippen LogP) is 3.20. The molecule has 2 heterocycles. The van der Waals surface area contributed by atoms with Crippen molar-refractivity contribution < 1.29 is 28.0 Å². The third kappa shape index (κ3) is 5.16. The van der Waals surface area contributed by atoms with Crippen molar-refractivity contribution in [2.75, 3.05) is 18.9 Å². The number of carbonyl (C=O) groups is 4. The minimum Gasteiger partial charge on any atom is -0.339 e. The number of carbonyl (C=O) groups excluding carboxylic acids is 4. The lowest BCUT2D eigenvalue weighted by atomic mass is 9.80. The molecular weight excluding hydrogens is 520 g/mol. The summed E-state index contributed by atoms with van der Waals surface area (Å²) in [7, 11) is 1.40. The predicted molar refractivity (Wildman–Crippen MR) is 143 cm³/mol. The number of fused-ring (bicyclic) bond motifs is 2. The molecule has 0 aromatic heterocycles. The van der Waals surface area contributed by atoms with Gasteiger partial charge in [0.15, 0.2) is 0 Å². The van der Waals surface area contributed by atoms with Gasteiger partial charge in [-0.05, 0) is 43.7 Å². The van der Waals surface area contributed by atoms with Crippen LogP contribution in [0, 0.1) is 23.2 Å². The van der Waals surface area contributed by atoms with Crippen LogP contribution in [0.15, 0.2) is 24.3 Å². The van der Waals surface area contributed by atoms with Crippen LogP contribution in [0.1, 0.15) is 64.9 Å². The van der Waals surface area contributed by atoms with Gasteiger partial charge in [0.2, 0.25) is 17.7 Å². The first-order valence-electron chi connectivity index (χ1n) is 13.9. The maximum atomic E-state index is 14.7. The van der Waals surface area contributed by atoms with E-state index in [1.807, 2.05) is 19.9 Å². The number of nitrogens with zero attached hydrogens (tertiary/aromatic N) is 3. The maximum Gasteiger partial charge on any atom is 0.327 e. The lowest BCUT2D eigenvalue weighted by Crippen LogP contribution is -2.57.